The molecule has 0 fully saturated rings. The van der Waals surface area contributed by atoms with Gasteiger partial charge in [-0.15, -0.1) is 0 Å². The summed E-state index contributed by atoms with van der Waals surface area (Å²) in [7, 11) is 0. The minimum absolute atomic E-state index is 0.363. The Kier molecular flexibility index (Phi) is 4.36. The Morgan fingerprint density at radius 1 is 0.950 bits per heavy atom. The van der Waals surface area contributed by atoms with Crippen LogP contribution in [0.15, 0.2) is 48.5 Å². The standard InChI is InChI=1S/C18H18O2/c1-13-4-7-16(8-5-13)9-11-18(19)20-17-10-6-14(2)12-15(17)3/h4-12H,1-3H3/b11-9+. The maximum Gasteiger partial charge on any atom is 0.336 e. The summed E-state index contributed by atoms with van der Waals surface area (Å²) in [6.07, 6.45) is 3.20. The summed E-state index contributed by atoms with van der Waals surface area (Å²) in [5.41, 5.74) is 4.28. The van der Waals surface area contributed by atoms with Crippen LogP contribution in [0.2, 0.25) is 0 Å². The second-order valence-corrected chi connectivity index (χ2v) is 4.93. The third-order valence-electron chi connectivity index (χ3n) is 3.03. The highest BCUT2D eigenvalue weighted by Gasteiger charge is 2.04. The van der Waals surface area contributed by atoms with Crippen LogP contribution in [0, 0.1) is 20.8 Å². The molecule has 0 spiro atoms. The molecular formula is C18H18O2. The number of aryl methyl sites for hydroxylation is 3. The van der Waals surface area contributed by atoms with Gasteiger partial charge >= 0.3 is 5.97 Å². The van der Waals surface area contributed by atoms with Gasteiger partial charge in [0.05, 0.1) is 0 Å². The average Bonchev–Trinajstić information content (AvgIpc) is 2.41. The van der Waals surface area contributed by atoms with Crippen molar-refractivity contribution in [3.05, 3.63) is 70.8 Å². The molecule has 0 aromatic heterocycles. The fourth-order valence-electron chi connectivity index (χ4n) is 1.90. The van der Waals surface area contributed by atoms with Crippen LogP contribution in [0.1, 0.15) is 22.3 Å². The molecule has 0 amide bonds. The second-order valence-electron chi connectivity index (χ2n) is 4.93. The average molecular weight is 266 g/mol. The van der Waals surface area contributed by atoms with Crippen molar-refractivity contribution >= 4 is 12.0 Å². The number of carbonyl (C=O) groups is 1. The molecule has 0 unspecified atom stereocenters. The van der Waals surface area contributed by atoms with Gasteiger partial charge in [0.15, 0.2) is 0 Å². The zero-order chi connectivity index (χ0) is 14.5. The first kappa shape index (κ1) is 14.1. The fraction of sp³-hybridized carbons (Fsp3) is 0.167. The first-order valence-electron chi connectivity index (χ1n) is 6.58. The lowest BCUT2D eigenvalue weighted by Gasteiger charge is -2.05. The van der Waals surface area contributed by atoms with E-state index in [1.54, 1.807) is 6.08 Å². The molecule has 2 aromatic rings. The molecule has 2 heteroatoms. The molecule has 0 bridgehead atoms. The van der Waals surface area contributed by atoms with Crippen LogP contribution in [0.25, 0.3) is 6.08 Å². The fourth-order valence-corrected chi connectivity index (χ4v) is 1.90. The summed E-state index contributed by atoms with van der Waals surface area (Å²) < 4.78 is 5.32. The molecule has 0 heterocycles. The van der Waals surface area contributed by atoms with Gasteiger partial charge in [-0.3, -0.25) is 0 Å². The number of hydrogen-bond donors (Lipinski definition) is 0. The van der Waals surface area contributed by atoms with Gasteiger partial charge in [-0.25, -0.2) is 4.79 Å². The number of carbonyl (C=O) groups excluding carboxylic acids is 1. The van der Waals surface area contributed by atoms with Gasteiger partial charge in [0.1, 0.15) is 5.75 Å². The molecule has 20 heavy (non-hydrogen) atoms. The van der Waals surface area contributed by atoms with Crippen LogP contribution in [0.5, 0.6) is 5.75 Å². The van der Waals surface area contributed by atoms with E-state index in [1.807, 2.05) is 63.2 Å². The molecule has 0 N–H and O–H groups in total. The van der Waals surface area contributed by atoms with Crippen LogP contribution >= 0.6 is 0 Å². The Morgan fingerprint density at radius 2 is 1.60 bits per heavy atom. The van der Waals surface area contributed by atoms with Gasteiger partial charge in [-0.05, 0) is 44.0 Å². The molecule has 102 valence electrons. The van der Waals surface area contributed by atoms with Crippen molar-refractivity contribution in [1.29, 1.82) is 0 Å². The lowest BCUT2D eigenvalue weighted by molar-refractivity contribution is -0.128. The third-order valence-corrected chi connectivity index (χ3v) is 3.03. The van der Waals surface area contributed by atoms with E-state index in [0.717, 1.165) is 16.7 Å². The Hall–Kier alpha value is -2.35. The van der Waals surface area contributed by atoms with E-state index in [9.17, 15) is 4.79 Å². The zero-order valence-electron chi connectivity index (χ0n) is 12.0. The summed E-state index contributed by atoms with van der Waals surface area (Å²) in [5, 5.41) is 0. The van der Waals surface area contributed by atoms with E-state index in [-0.39, 0.29) is 5.97 Å². The van der Waals surface area contributed by atoms with Crippen LogP contribution in [0.3, 0.4) is 0 Å². The van der Waals surface area contributed by atoms with Crippen molar-refractivity contribution in [2.75, 3.05) is 0 Å². The molecule has 2 nitrogen and oxygen atoms in total. The van der Waals surface area contributed by atoms with Crippen LogP contribution < -0.4 is 4.74 Å². The predicted molar refractivity (Wildman–Crippen MR) is 81.8 cm³/mol. The quantitative estimate of drug-likeness (QED) is 0.472. The van der Waals surface area contributed by atoms with Gasteiger partial charge < -0.3 is 4.74 Å². The topological polar surface area (TPSA) is 26.3 Å². The molecular weight excluding hydrogens is 248 g/mol. The van der Waals surface area contributed by atoms with Gasteiger partial charge in [-0.1, -0.05) is 47.5 Å². The monoisotopic (exact) mass is 266 g/mol. The normalized spacial score (nSPS) is 10.8. The number of ether oxygens (including phenoxy) is 1. The summed E-state index contributed by atoms with van der Waals surface area (Å²) in [6.45, 7) is 5.97. The molecule has 0 saturated heterocycles. The Morgan fingerprint density at radius 3 is 2.25 bits per heavy atom. The number of hydrogen-bond acceptors (Lipinski definition) is 2. The van der Waals surface area contributed by atoms with Crippen molar-refractivity contribution in [3.8, 4) is 5.75 Å². The van der Waals surface area contributed by atoms with E-state index in [4.69, 9.17) is 4.74 Å². The minimum Gasteiger partial charge on any atom is -0.423 e. The first-order chi connectivity index (χ1) is 9.54. The third kappa shape index (κ3) is 3.82. The van der Waals surface area contributed by atoms with Crippen LogP contribution in [-0.4, -0.2) is 5.97 Å². The number of rotatable bonds is 3. The van der Waals surface area contributed by atoms with E-state index >= 15 is 0 Å². The summed E-state index contributed by atoms with van der Waals surface area (Å²) in [6, 6.07) is 13.7. The largest absolute Gasteiger partial charge is 0.423 e. The van der Waals surface area contributed by atoms with Crippen molar-refractivity contribution in [1.82, 2.24) is 0 Å². The summed E-state index contributed by atoms with van der Waals surface area (Å²) in [5.74, 6) is 0.242. The summed E-state index contributed by atoms with van der Waals surface area (Å²) in [4.78, 5) is 11.8. The van der Waals surface area contributed by atoms with Gasteiger partial charge in [0.25, 0.3) is 0 Å². The first-order valence-corrected chi connectivity index (χ1v) is 6.58. The summed E-state index contributed by atoms with van der Waals surface area (Å²) >= 11 is 0. The van der Waals surface area contributed by atoms with E-state index in [0.29, 0.717) is 5.75 Å². The molecule has 0 aliphatic heterocycles. The van der Waals surface area contributed by atoms with Crippen molar-refractivity contribution in [2.45, 2.75) is 20.8 Å². The van der Waals surface area contributed by atoms with Gasteiger partial charge in [-0.2, -0.15) is 0 Å². The molecule has 0 atom stereocenters. The second kappa shape index (κ2) is 6.20. The van der Waals surface area contributed by atoms with Crippen molar-refractivity contribution < 1.29 is 9.53 Å². The lowest BCUT2D eigenvalue weighted by atomic mass is 10.1. The Balaban J connectivity index is 2.03. The maximum absolute atomic E-state index is 11.8. The highest BCUT2D eigenvalue weighted by molar-refractivity contribution is 5.88. The Labute approximate surface area is 119 Å². The molecule has 0 aliphatic rings. The Bertz CT molecular complexity index is 637. The number of esters is 1. The van der Waals surface area contributed by atoms with Gasteiger partial charge in [0, 0.05) is 6.08 Å². The predicted octanol–water partition coefficient (Wildman–Crippen LogP) is 4.23. The van der Waals surface area contributed by atoms with Crippen LogP contribution in [-0.2, 0) is 4.79 Å². The van der Waals surface area contributed by atoms with Crippen molar-refractivity contribution in [2.24, 2.45) is 0 Å². The SMILES string of the molecule is Cc1ccc(/C=C/C(=O)Oc2ccc(C)cc2C)cc1. The lowest BCUT2D eigenvalue weighted by Crippen LogP contribution is -2.04. The minimum atomic E-state index is -0.363. The zero-order valence-corrected chi connectivity index (χ0v) is 12.0. The van der Waals surface area contributed by atoms with Gasteiger partial charge in [0.2, 0.25) is 0 Å². The number of benzene rings is 2. The molecule has 0 saturated carbocycles. The van der Waals surface area contributed by atoms with Crippen molar-refractivity contribution in [3.63, 3.8) is 0 Å². The molecule has 0 radical (unpaired) electrons. The van der Waals surface area contributed by atoms with Crippen LogP contribution in [0.4, 0.5) is 0 Å². The van der Waals surface area contributed by atoms with E-state index in [1.165, 1.54) is 11.6 Å². The molecule has 0 aliphatic carbocycles. The highest BCUT2D eigenvalue weighted by Crippen LogP contribution is 2.19. The molecule has 2 aromatic carbocycles. The highest BCUT2D eigenvalue weighted by atomic mass is 16.5. The smallest absolute Gasteiger partial charge is 0.336 e. The van der Waals surface area contributed by atoms with E-state index < -0.39 is 0 Å². The van der Waals surface area contributed by atoms with E-state index in [2.05, 4.69) is 0 Å². The molecule has 2 rings (SSSR count). The maximum atomic E-state index is 11.8.